The van der Waals surface area contributed by atoms with Crippen LogP contribution in [0.5, 0.6) is 0 Å². The number of rotatable bonds is 7. The molecule has 0 unspecified atom stereocenters. The van der Waals surface area contributed by atoms with E-state index >= 15 is 0 Å². The first-order valence-corrected chi connectivity index (χ1v) is 11.7. The molecule has 0 aliphatic carbocycles. The van der Waals surface area contributed by atoms with Crippen LogP contribution in [0.15, 0.2) is 24.3 Å². The third-order valence-corrected chi connectivity index (χ3v) is 6.63. The first-order valence-electron chi connectivity index (χ1n) is 11.7. The van der Waals surface area contributed by atoms with Gasteiger partial charge in [0.15, 0.2) is 0 Å². The molecular weight excluding hydrogens is 418 g/mol. The molecule has 1 saturated heterocycles. The van der Waals surface area contributed by atoms with E-state index in [1.165, 1.54) is 5.56 Å². The molecule has 33 heavy (non-hydrogen) atoms. The highest BCUT2D eigenvalue weighted by Crippen LogP contribution is 2.27. The number of hydrogen-bond acceptors (Lipinski definition) is 4. The van der Waals surface area contributed by atoms with Gasteiger partial charge in [-0.25, -0.2) is 4.79 Å². The Labute approximate surface area is 195 Å². The van der Waals surface area contributed by atoms with Crippen LogP contribution in [0.25, 0.3) is 0 Å². The number of hydrogen-bond donors (Lipinski definition) is 2. The number of piperidine rings is 1. The Morgan fingerprint density at radius 1 is 1.18 bits per heavy atom. The van der Waals surface area contributed by atoms with Crippen LogP contribution >= 0.6 is 0 Å². The predicted octanol–water partition coefficient (Wildman–Crippen LogP) is 3.92. The lowest BCUT2D eigenvalue weighted by atomic mass is 9.84. The maximum absolute atomic E-state index is 13.1. The van der Waals surface area contributed by atoms with Gasteiger partial charge in [-0.2, -0.15) is 0 Å². The summed E-state index contributed by atoms with van der Waals surface area (Å²) in [4.78, 5) is 43.0. The van der Waals surface area contributed by atoms with Gasteiger partial charge in [0.25, 0.3) is 5.91 Å². The highest BCUT2D eigenvalue weighted by atomic mass is 16.5. The Morgan fingerprint density at radius 3 is 2.52 bits per heavy atom. The van der Waals surface area contributed by atoms with Crippen molar-refractivity contribution in [1.82, 2.24) is 15.2 Å². The molecule has 1 aliphatic heterocycles. The molecule has 0 radical (unpaired) electrons. The predicted molar refractivity (Wildman–Crippen MR) is 127 cm³/mol. The molecule has 1 aliphatic rings. The van der Waals surface area contributed by atoms with Crippen LogP contribution in [0.2, 0.25) is 0 Å². The van der Waals surface area contributed by atoms with E-state index in [2.05, 4.69) is 16.4 Å². The van der Waals surface area contributed by atoms with Crippen LogP contribution in [-0.4, -0.2) is 47.4 Å². The van der Waals surface area contributed by atoms with Crippen molar-refractivity contribution in [3.8, 4) is 0 Å². The summed E-state index contributed by atoms with van der Waals surface area (Å²) in [5.74, 6) is -0.352. The second-order valence-electron chi connectivity index (χ2n) is 8.97. The monoisotopic (exact) mass is 453 g/mol. The molecule has 3 rings (SSSR count). The van der Waals surface area contributed by atoms with Crippen LogP contribution in [0.4, 0.5) is 0 Å². The van der Waals surface area contributed by atoms with Crippen LogP contribution in [0, 0.1) is 32.6 Å². The minimum absolute atomic E-state index is 0.0520. The van der Waals surface area contributed by atoms with Gasteiger partial charge in [-0.1, -0.05) is 36.8 Å². The van der Waals surface area contributed by atoms with Gasteiger partial charge in [-0.3, -0.25) is 9.59 Å². The fourth-order valence-electron chi connectivity index (χ4n) is 4.62. The molecule has 2 N–H and O–H groups in total. The molecule has 2 aromatic rings. The zero-order valence-corrected chi connectivity index (χ0v) is 20.3. The SMILES string of the molecule is CCOC(=O)c1c(C)[nH]c(C(=O)N2CCC([C@@H](C)C(=O)NCc3cccc(C)c3)CC2)c1C. The smallest absolute Gasteiger partial charge is 0.340 e. The number of amides is 2. The molecule has 0 saturated carbocycles. The number of aromatic nitrogens is 1. The minimum atomic E-state index is -0.410. The lowest BCUT2D eigenvalue weighted by molar-refractivity contribution is -0.126. The summed E-state index contributed by atoms with van der Waals surface area (Å²) in [6.45, 7) is 11.3. The summed E-state index contributed by atoms with van der Waals surface area (Å²) >= 11 is 0. The van der Waals surface area contributed by atoms with Crippen molar-refractivity contribution in [3.05, 3.63) is 57.9 Å². The Bertz CT molecular complexity index is 1020. The van der Waals surface area contributed by atoms with Gasteiger partial charge in [-0.05, 0) is 57.6 Å². The van der Waals surface area contributed by atoms with E-state index in [9.17, 15) is 14.4 Å². The number of likely N-dealkylation sites (tertiary alicyclic amines) is 1. The normalized spacial score (nSPS) is 15.2. The van der Waals surface area contributed by atoms with Crippen molar-refractivity contribution in [2.75, 3.05) is 19.7 Å². The second kappa shape index (κ2) is 10.7. The van der Waals surface area contributed by atoms with Gasteiger partial charge < -0.3 is 19.9 Å². The number of esters is 1. The Hall–Kier alpha value is -3.09. The number of H-pyrrole nitrogens is 1. The molecular formula is C26H35N3O4. The molecule has 7 nitrogen and oxygen atoms in total. The zero-order valence-electron chi connectivity index (χ0n) is 20.3. The molecule has 1 fully saturated rings. The lowest BCUT2D eigenvalue weighted by Crippen LogP contribution is -2.42. The average molecular weight is 454 g/mol. The number of aryl methyl sites for hydroxylation is 2. The van der Waals surface area contributed by atoms with Crippen molar-refractivity contribution in [2.24, 2.45) is 11.8 Å². The number of nitrogens with zero attached hydrogens (tertiary/aromatic N) is 1. The van der Waals surface area contributed by atoms with E-state index in [1.807, 2.05) is 32.0 Å². The van der Waals surface area contributed by atoms with E-state index in [0.717, 1.165) is 18.4 Å². The second-order valence-corrected chi connectivity index (χ2v) is 8.97. The fourth-order valence-corrected chi connectivity index (χ4v) is 4.62. The molecule has 1 aromatic heterocycles. The quantitative estimate of drug-likeness (QED) is 0.622. The maximum Gasteiger partial charge on any atom is 0.340 e. The molecule has 178 valence electrons. The van der Waals surface area contributed by atoms with E-state index in [4.69, 9.17) is 4.74 Å². The standard InChI is InChI=1S/C26H35N3O4/c1-6-33-26(32)22-18(4)23(28-19(22)5)25(31)29-12-10-21(11-13-29)17(3)24(30)27-15-20-9-7-8-16(2)14-20/h7-9,14,17,21,28H,6,10-13,15H2,1-5H3,(H,27,30)/t17-/m1/s1. The van der Waals surface area contributed by atoms with Gasteiger partial charge in [-0.15, -0.1) is 0 Å². The summed E-state index contributed by atoms with van der Waals surface area (Å²) in [5.41, 5.74) is 4.42. The molecule has 7 heteroatoms. The average Bonchev–Trinajstić information content (AvgIpc) is 3.10. The first-order chi connectivity index (χ1) is 15.7. The number of carbonyl (C=O) groups is 3. The van der Waals surface area contributed by atoms with E-state index in [0.29, 0.717) is 42.1 Å². The third kappa shape index (κ3) is 5.64. The summed E-state index contributed by atoms with van der Waals surface area (Å²) in [7, 11) is 0. The van der Waals surface area contributed by atoms with Crippen molar-refractivity contribution in [2.45, 2.75) is 54.0 Å². The van der Waals surface area contributed by atoms with E-state index in [1.54, 1.807) is 25.7 Å². The maximum atomic E-state index is 13.1. The zero-order chi connectivity index (χ0) is 24.1. The summed E-state index contributed by atoms with van der Waals surface area (Å²) in [6, 6.07) is 8.12. The Balaban J connectivity index is 1.56. The van der Waals surface area contributed by atoms with Crippen LogP contribution in [0.1, 0.15) is 69.9 Å². The topological polar surface area (TPSA) is 91.5 Å². The first kappa shape index (κ1) is 24.6. The minimum Gasteiger partial charge on any atom is -0.462 e. The Kier molecular flexibility index (Phi) is 7.95. The summed E-state index contributed by atoms with van der Waals surface area (Å²) < 4.78 is 5.12. The van der Waals surface area contributed by atoms with Gasteiger partial charge in [0.05, 0.1) is 12.2 Å². The molecule has 1 atom stereocenters. The molecule has 2 amide bonds. The van der Waals surface area contributed by atoms with Crippen LogP contribution < -0.4 is 5.32 Å². The molecule has 1 aromatic carbocycles. The van der Waals surface area contributed by atoms with Crippen molar-refractivity contribution in [1.29, 1.82) is 0 Å². The number of aromatic amines is 1. The highest BCUT2D eigenvalue weighted by Gasteiger charge is 2.32. The number of benzene rings is 1. The van der Waals surface area contributed by atoms with Gasteiger partial charge in [0.1, 0.15) is 5.69 Å². The lowest BCUT2D eigenvalue weighted by Gasteiger charge is -2.34. The van der Waals surface area contributed by atoms with Crippen molar-refractivity contribution in [3.63, 3.8) is 0 Å². The molecule has 0 spiro atoms. The van der Waals surface area contributed by atoms with Gasteiger partial charge >= 0.3 is 5.97 Å². The van der Waals surface area contributed by atoms with E-state index < -0.39 is 5.97 Å². The van der Waals surface area contributed by atoms with Crippen molar-refractivity contribution < 1.29 is 19.1 Å². The summed E-state index contributed by atoms with van der Waals surface area (Å²) in [6.07, 6.45) is 1.54. The fraction of sp³-hybridized carbons (Fsp3) is 0.500. The highest BCUT2D eigenvalue weighted by molar-refractivity contribution is 6.00. The number of nitrogens with one attached hydrogen (secondary N) is 2. The number of carbonyl (C=O) groups excluding carboxylic acids is 3. The molecule has 0 bridgehead atoms. The van der Waals surface area contributed by atoms with Crippen LogP contribution in [0.3, 0.4) is 0 Å². The summed E-state index contributed by atoms with van der Waals surface area (Å²) in [5, 5.41) is 3.05. The Morgan fingerprint density at radius 2 is 1.88 bits per heavy atom. The number of ether oxygens (including phenoxy) is 1. The largest absolute Gasteiger partial charge is 0.462 e. The van der Waals surface area contributed by atoms with Crippen LogP contribution in [-0.2, 0) is 16.1 Å². The third-order valence-electron chi connectivity index (χ3n) is 6.63. The van der Waals surface area contributed by atoms with E-state index in [-0.39, 0.29) is 30.3 Å². The van der Waals surface area contributed by atoms with Crippen molar-refractivity contribution >= 4 is 17.8 Å². The van der Waals surface area contributed by atoms with Gasteiger partial charge in [0.2, 0.25) is 5.91 Å². The molecule has 2 heterocycles. The van der Waals surface area contributed by atoms with Gasteiger partial charge in [0, 0.05) is 31.2 Å².